The summed E-state index contributed by atoms with van der Waals surface area (Å²) < 4.78 is 11.8. The Morgan fingerprint density at radius 1 is 1.32 bits per heavy atom. The summed E-state index contributed by atoms with van der Waals surface area (Å²) in [5.41, 5.74) is 0.626. The van der Waals surface area contributed by atoms with Gasteiger partial charge in [-0.15, -0.1) is 0 Å². The molecule has 1 amide bonds. The molecule has 0 heterocycles. The van der Waals surface area contributed by atoms with E-state index in [1.807, 2.05) is 0 Å². The third-order valence-electron chi connectivity index (χ3n) is 3.93. The zero-order valence-corrected chi connectivity index (χ0v) is 14.7. The molecule has 2 rings (SSSR count). The summed E-state index contributed by atoms with van der Waals surface area (Å²) in [5.74, 6) is 0.651. The van der Waals surface area contributed by atoms with Crippen LogP contribution in [-0.4, -0.2) is 32.3 Å². The topological polar surface area (TPSA) is 47.6 Å². The van der Waals surface area contributed by atoms with Crippen molar-refractivity contribution < 1.29 is 14.3 Å². The number of hydrogen-bond donors (Lipinski definition) is 1. The standard InChI is InChI=1S/C17H24BrNO3/c1-21-16-9-8-13(12-15(16)18)17(20)19-10-5-11-22-14-6-3-2-4-7-14/h8-9,12,14H,2-7,10-11H2,1H3,(H,19,20). The van der Waals surface area contributed by atoms with Crippen molar-refractivity contribution in [2.75, 3.05) is 20.3 Å². The number of nitrogens with one attached hydrogen (secondary N) is 1. The Kier molecular flexibility index (Phi) is 7.19. The van der Waals surface area contributed by atoms with Crippen LogP contribution < -0.4 is 10.1 Å². The van der Waals surface area contributed by atoms with Crippen molar-refractivity contribution in [2.24, 2.45) is 0 Å². The highest BCUT2D eigenvalue weighted by atomic mass is 79.9. The maximum absolute atomic E-state index is 12.0. The van der Waals surface area contributed by atoms with Crippen LogP contribution in [0.15, 0.2) is 22.7 Å². The van der Waals surface area contributed by atoms with Crippen LogP contribution in [0.2, 0.25) is 0 Å². The number of ether oxygens (including phenoxy) is 2. The second-order valence-corrected chi connectivity index (χ2v) is 6.44. The molecule has 1 aliphatic rings. The van der Waals surface area contributed by atoms with E-state index in [1.54, 1.807) is 25.3 Å². The second-order valence-electron chi connectivity index (χ2n) is 5.59. The number of carbonyl (C=O) groups excluding carboxylic acids is 1. The molecule has 0 atom stereocenters. The van der Waals surface area contributed by atoms with Gasteiger partial charge in [-0.2, -0.15) is 0 Å². The third-order valence-corrected chi connectivity index (χ3v) is 4.55. The highest BCUT2D eigenvalue weighted by molar-refractivity contribution is 9.10. The molecule has 122 valence electrons. The smallest absolute Gasteiger partial charge is 0.251 e. The molecule has 0 radical (unpaired) electrons. The first-order valence-corrected chi connectivity index (χ1v) is 8.73. The Balaban J connectivity index is 1.66. The third kappa shape index (κ3) is 5.29. The van der Waals surface area contributed by atoms with Crippen molar-refractivity contribution in [1.29, 1.82) is 0 Å². The van der Waals surface area contributed by atoms with Gasteiger partial charge in [0.1, 0.15) is 5.75 Å². The normalized spacial score (nSPS) is 15.5. The molecule has 0 bridgehead atoms. The first-order chi connectivity index (χ1) is 10.7. The minimum absolute atomic E-state index is 0.0685. The van der Waals surface area contributed by atoms with Crippen molar-refractivity contribution in [1.82, 2.24) is 5.32 Å². The predicted molar refractivity (Wildman–Crippen MR) is 90.5 cm³/mol. The fraction of sp³-hybridized carbons (Fsp3) is 0.588. The van der Waals surface area contributed by atoms with E-state index in [2.05, 4.69) is 21.2 Å². The van der Waals surface area contributed by atoms with Gasteiger partial charge in [0, 0.05) is 18.7 Å². The maximum Gasteiger partial charge on any atom is 0.251 e. The molecule has 0 saturated heterocycles. The maximum atomic E-state index is 12.0. The molecular formula is C17H24BrNO3. The molecule has 1 N–H and O–H groups in total. The van der Waals surface area contributed by atoms with Crippen molar-refractivity contribution in [3.8, 4) is 5.75 Å². The molecule has 1 fully saturated rings. The van der Waals surface area contributed by atoms with Gasteiger partial charge in [0.25, 0.3) is 5.91 Å². The Bertz CT molecular complexity index is 487. The molecule has 4 nitrogen and oxygen atoms in total. The van der Waals surface area contributed by atoms with Crippen LogP contribution >= 0.6 is 15.9 Å². The van der Waals surface area contributed by atoms with E-state index in [1.165, 1.54) is 32.1 Å². The largest absolute Gasteiger partial charge is 0.496 e. The average molecular weight is 370 g/mol. The van der Waals surface area contributed by atoms with Crippen LogP contribution in [0.3, 0.4) is 0 Å². The number of rotatable bonds is 7. The Morgan fingerprint density at radius 3 is 2.77 bits per heavy atom. The first kappa shape index (κ1) is 17.3. The minimum atomic E-state index is -0.0685. The van der Waals surface area contributed by atoms with Crippen LogP contribution in [0.1, 0.15) is 48.9 Å². The molecule has 0 aliphatic heterocycles. The van der Waals surface area contributed by atoms with Crippen molar-refractivity contribution >= 4 is 21.8 Å². The van der Waals surface area contributed by atoms with E-state index in [-0.39, 0.29) is 5.91 Å². The Morgan fingerprint density at radius 2 is 2.09 bits per heavy atom. The van der Waals surface area contributed by atoms with Gasteiger partial charge in [-0.1, -0.05) is 19.3 Å². The molecule has 1 aromatic rings. The summed E-state index contributed by atoms with van der Waals surface area (Å²) in [5, 5.41) is 2.92. The average Bonchev–Trinajstić information content (AvgIpc) is 2.55. The summed E-state index contributed by atoms with van der Waals surface area (Å²) in [4.78, 5) is 12.0. The van der Waals surface area contributed by atoms with Crippen molar-refractivity contribution in [2.45, 2.75) is 44.6 Å². The Hall–Kier alpha value is -1.07. The number of amides is 1. The van der Waals surface area contributed by atoms with E-state index in [4.69, 9.17) is 9.47 Å². The quantitative estimate of drug-likeness (QED) is 0.740. The predicted octanol–water partition coefficient (Wildman–Crippen LogP) is 3.93. The van der Waals surface area contributed by atoms with E-state index < -0.39 is 0 Å². The summed E-state index contributed by atoms with van der Waals surface area (Å²) in [7, 11) is 1.60. The molecular weight excluding hydrogens is 346 g/mol. The number of halogens is 1. The van der Waals surface area contributed by atoms with E-state index in [0.29, 0.717) is 18.2 Å². The van der Waals surface area contributed by atoms with Crippen molar-refractivity contribution in [3.63, 3.8) is 0 Å². The van der Waals surface area contributed by atoms with E-state index in [0.717, 1.165) is 23.2 Å². The number of methoxy groups -OCH3 is 1. The van der Waals surface area contributed by atoms with Gasteiger partial charge in [-0.3, -0.25) is 4.79 Å². The van der Waals surface area contributed by atoms with Crippen LogP contribution in [0, 0.1) is 0 Å². The molecule has 1 saturated carbocycles. The van der Waals surface area contributed by atoms with Crippen molar-refractivity contribution in [3.05, 3.63) is 28.2 Å². The number of carbonyl (C=O) groups is 1. The Labute approximate surface area is 140 Å². The molecule has 1 aliphatic carbocycles. The molecule has 0 aromatic heterocycles. The number of hydrogen-bond acceptors (Lipinski definition) is 3. The van der Waals surface area contributed by atoms with Crippen LogP contribution in [0.5, 0.6) is 5.75 Å². The lowest BCUT2D eigenvalue weighted by Gasteiger charge is -2.21. The lowest BCUT2D eigenvalue weighted by Crippen LogP contribution is -2.26. The molecule has 1 aromatic carbocycles. The van der Waals surface area contributed by atoms with Gasteiger partial charge in [-0.05, 0) is 53.4 Å². The fourth-order valence-electron chi connectivity index (χ4n) is 2.67. The van der Waals surface area contributed by atoms with Gasteiger partial charge < -0.3 is 14.8 Å². The van der Waals surface area contributed by atoms with Crippen LogP contribution in [0.25, 0.3) is 0 Å². The van der Waals surface area contributed by atoms with Gasteiger partial charge in [-0.25, -0.2) is 0 Å². The number of benzene rings is 1. The SMILES string of the molecule is COc1ccc(C(=O)NCCCOC2CCCCC2)cc1Br. The molecule has 0 spiro atoms. The van der Waals surface area contributed by atoms with Crippen LogP contribution in [-0.2, 0) is 4.74 Å². The molecule has 0 unspecified atom stereocenters. The van der Waals surface area contributed by atoms with Gasteiger partial charge >= 0.3 is 0 Å². The highest BCUT2D eigenvalue weighted by Crippen LogP contribution is 2.25. The first-order valence-electron chi connectivity index (χ1n) is 7.94. The van der Waals surface area contributed by atoms with E-state index >= 15 is 0 Å². The van der Waals surface area contributed by atoms with Gasteiger partial charge in [0.2, 0.25) is 0 Å². The fourth-order valence-corrected chi connectivity index (χ4v) is 3.21. The molecule has 22 heavy (non-hydrogen) atoms. The zero-order chi connectivity index (χ0) is 15.8. The summed E-state index contributed by atoms with van der Waals surface area (Å²) in [6.07, 6.45) is 7.56. The lowest BCUT2D eigenvalue weighted by atomic mass is 9.98. The monoisotopic (exact) mass is 369 g/mol. The summed E-state index contributed by atoms with van der Waals surface area (Å²) in [6, 6.07) is 5.31. The molecule has 5 heteroatoms. The summed E-state index contributed by atoms with van der Waals surface area (Å²) >= 11 is 3.39. The van der Waals surface area contributed by atoms with E-state index in [9.17, 15) is 4.79 Å². The summed E-state index contributed by atoms with van der Waals surface area (Å²) in [6.45, 7) is 1.35. The van der Waals surface area contributed by atoms with Crippen LogP contribution in [0.4, 0.5) is 0 Å². The van der Waals surface area contributed by atoms with Gasteiger partial charge in [0.05, 0.1) is 17.7 Å². The minimum Gasteiger partial charge on any atom is -0.496 e. The van der Waals surface area contributed by atoms with Gasteiger partial charge in [0.15, 0.2) is 0 Å². The lowest BCUT2D eigenvalue weighted by molar-refractivity contribution is 0.0273. The zero-order valence-electron chi connectivity index (χ0n) is 13.1. The second kappa shape index (κ2) is 9.16. The highest BCUT2D eigenvalue weighted by Gasteiger charge is 2.13.